The maximum atomic E-state index is 12.2. The quantitative estimate of drug-likeness (QED) is 0.424. The van der Waals surface area contributed by atoms with Crippen molar-refractivity contribution >= 4 is 23.8 Å². The van der Waals surface area contributed by atoms with Crippen LogP contribution < -0.4 is 0 Å². The van der Waals surface area contributed by atoms with Crippen molar-refractivity contribution in [3.8, 4) is 0 Å². The van der Waals surface area contributed by atoms with Crippen molar-refractivity contribution in [1.29, 1.82) is 0 Å². The van der Waals surface area contributed by atoms with Crippen molar-refractivity contribution in [3.05, 3.63) is 0 Å². The minimum Gasteiger partial charge on any atom is -0.469 e. The van der Waals surface area contributed by atoms with Crippen LogP contribution in [0.3, 0.4) is 0 Å². The molecule has 0 aromatic carbocycles. The molecule has 104 valence electrons. The Hall–Kier alpha value is -1.52. The zero-order valence-corrected chi connectivity index (χ0v) is 11.2. The summed E-state index contributed by atoms with van der Waals surface area (Å²) in [7, 11) is 1.23. The predicted octanol–water partition coefficient (Wildman–Crippen LogP) is 1.08. The summed E-state index contributed by atoms with van der Waals surface area (Å²) >= 11 is 0. The number of hydrogen-bond acceptors (Lipinski definition) is 5. The van der Waals surface area contributed by atoms with Gasteiger partial charge in [-0.2, -0.15) is 0 Å². The van der Waals surface area contributed by atoms with Crippen molar-refractivity contribution in [2.24, 2.45) is 16.7 Å². The van der Waals surface area contributed by atoms with E-state index in [0.717, 1.165) is 6.42 Å². The standard InChI is InChI=1S/C14H18O5/c1-13(12(18)19-2)8-14(5-3-4-11(14)17)6-10(16)9(13)7-15/h7,9H,3-6,8H2,1-2H3/t9-,13+,14+/m0/s1. The first-order valence-electron chi connectivity index (χ1n) is 6.49. The molecule has 0 aromatic heterocycles. The van der Waals surface area contributed by atoms with Gasteiger partial charge in [0.05, 0.1) is 18.4 Å². The molecule has 5 nitrogen and oxygen atoms in total. The molecule has 1 spiro atoms. The van der Waals surface area contributed by atoms with Gasteiger partial charge in [-0.05, 0) is 26.2 Å². The number of aldehydes is 1. The molecule has 0 bridgehead atoms. The van der Waals surface area contributed by atoms with Gasteiger partial charge in [-0.3, -0.25) is 14.4 Å². The third-order valence-corrected chi connectivity index (χ3v) is 4.69. The van der Waals surface area contributed by atoms with Crippen molar-refractivity contribution in [1.82, 2.24) is 0 Å². The third-order valence-electron chi connectivity index (χ3n) is 4.69. The molecule has 0 heterocycles. The van der Waals surface area contributed by atoms with Crippen LogP contribution in [0.4, 0.5) is 0 Å². The number of Topliss-reactive ketones (excluding diaryl/α,β-unsaturated/α-hetero) is 2. The number of ketones is 2. The lowest BCUT2D eigenvalue weighted by atomic mass is 9.56. The fourth-order valence-corrected chi connectivity index (χ4v) is 3.70. The number of methoxy groups -OCH3 is 1. The summed E-state index contributed by atoms with van der Waals surface area (Å²) in [6.07, 6.45) is 2.66. The molecule has 0 radical (unpaired) electrons. The summed E-state index contributed by atoms with van der Waals surface area (Å²) in [5, 5.41) is 0. The lowest BCUT2D eigenvalue weighted by molar-refractivity contribution is -0.168. The second-order valence-electron chi connectivity index (χ2n) is 5.90. The van der Waals surface area contributed by atoms with E-state index in [0.29, 0.717) is 19.1 Å². The van der Waals surface area contributed by atoms with Crippen LogP contribution in [0.15, 0.2) is 0 Å². The summed E-state index contributed by atoms with van der Waals surface area (Å²) in [5.74, 6) is -1.86. The Balaban J connectivity index is 2.44. The highest BCUT2D eigenvalue weighted by Crippen LogP contribution is 2.53. The van der Waals surface area contributed by atoms with E-state index in [1.165, 1.54) is 7.11 Å². The molecule has 3 atom stereocenters. The molecule has 0 N–H and O–H groups in total. The van der Waals surface area contributed by atoms with Crippen molar-refractivity contribution in [2.45, 2.75) is 39.0 Å². The number of esters is 1. The first-order chi connectivity index (χ1) is 8.89. The molecule has 0 amide bonds. The van der Waals surface area contributed by atoms with Gasteiger partial charge in [-0.25, -0.2) is 0 Å². The monoisotopic (exact) mass is 266 g/mol. The number of rotatable bonds is 2. The smallest absolute Gasteiger partial charge is 0.312 e. The van der Waals surface area contributed by atoms with E-state index in [1.807, 2.05) is 0 Å². The van der Waals surface area contributed by atoms with Gasteiger partial charge in [0.15, 0.2) is 0 Å². The van der Waals surface area contributed by atoms with Crippen molar-refractivity contribution < 1.29 is 23.9 Å². The lowest BCUT2D eigenvalue weighted by Gasteiger charge is -2.43. The highest BCUT2D eigenvalue weighted by atomic mass is 16.5. The van der Waals surface area contributed by atoms with Crippen LogP contribution in [-0.2, 0) is 23.9 Å². The predicted molar refractivity (Wildman–Crippen MR) is 65.2 cm³/mol. The van der Waals surface area contributed by atoms with E-state index in [9.17, 15) is 19.2 Å². The van der Waals surface area contributed by atoms with Gasteiger partial charge in [0.1, 0.15) is 17.9 Å². The molecule has 2 rings (SSSR count). The summed E-state index contributed by atoms with van der Waals surface area (Å²) in [4.78, 5) is 47.5. The Bertz CT molecular complexity index is 455. The summed E-state index contributed by atoms with van der Waals surface area (Å²) in [6, 6.07) is 0. The van der Waals surface area contributed by atoms with Crippen LogP contribution in [0.25, 0.3) is 0 Å². The van der Waals surface area contributed by atoms with Gasteiger partial charge in [0, 0.05) is 18.3 Å². The number of ether oxygens (including phenoxy) is 1. The zero-order valence-electron chi connectivity index (χ0n) is 11.2. The Morgan fingerprint density at radius 3 is 2.58 bits per heavy atom. The Kier molecular flexibility index (Phi) is 3.32. The minimum absolute atomic E-state index is 0.0420. The molecule has 2 saturated carbocycles. The van der Waals surface area contributed by atoms with Crippen LogP contribution in [0, 0.1) is 16.7 Å². The molecule has 2 aliphatic carbocycles. The molecule has 0 unspecified atom stereocenters. The lowest BCUT2D eigenvalue weighted by Crippen LogP contribution is -2.52. The molecule has 0 aromatic rings. The minimum atomic E-state index is -1.22. The highest BCUT2D eigenvalue weighted by molar-refractivity contribution is 6.04. The van der Waals surface area contributed by atoms with E-state index >= 15 is 0 Å². The average molecular weight is 266 g/mol. The van der Waals surface area contributed by atoms with E-state index in [2.05, 4.69) is 0 Å². The number of carbonyl (C=O) groups is 4. The second kappa shape index (κ2) is 4.54. The largest absolute Gasteiger partial charge is 0.469 e. The average Bonchev–Trinajstić information content (AvgIpc) is 2.69. The van der Waals surface area contributed by atoms with Gasteiger partial charge in [-0.15, -0.1) is 0 Å². The molecule has 5 heteroatoms. The van der Waals surface area contributed by atoms with Crippen molar-refractivity contribution in [2.75, 3.05) is 7.11 Å². The highest BCUT2D eigenvalue weighted by Gasteiger charge is 2.59. The van der Waals surface area contributed by atoms with Gasteiger partial charge in [0.2, 0.25) is 0 Å². The topological polar surface area (TPSA) is 77.5 Å². The van der Waals surface area contributed by atoms with Crippen LogP contribution in [0.1, 0.15) is 39.0 Å². The normalized spacial score (nSPS) is 38.5. The van der Waals surface area contributed by atoms with E-state index in [4.69, 9.17) is 4.74 Å². The molecular formula is C14H18O5. The van der Waals surface area contributed by atoms with Crippen LogP contribution in [0.2, 0.25) is 0 Å². The molecule has 2 aliphatic rings. The first kappa shape index (κ1) is 13.9. The molecule has 0 saturated heterocycles. The van der Waals surface area contributed by atoms with Gasteiger partial charge in [0.25, 0.3) is 0 Å². The fraction of sp³-hybridized carbons (Fsp3) is 0.714. The third kappa shape index (κ3) is 1.91. The summed E-state index contributed by atoms with van der Waals surface area (Å²) < 4.78 is 4.75. The van der Waals surface area contributed by atoms with Gasteiger partial charge < -0.3 is 9.53 Å². The fourth-order valence-electron chi connectivity index (χ4n) is 3.70. The summed E-state index contributed by atoms with van der Waals surface area (Å²) in [6.45, 7) is 1.56. The van der Waals surface area contributed by atoms with E-state index < -0.39 is 22.7 Å². The van der Waals surface area contributed by atoms with Crippen LogP contribution in [-0.4, -0.2) is 30.9 Å². The first-order valence-corrected chi connectivity index (χ1v) is 6.49. The zero-order chi connectivity index (χ0) is 14.3. The molecule has 19 heavy (non-hydrogen) atoms. The van der Waals surface area contributed by atoms with E-state index in [-0.39, 0.29) is 24.4 Å². The Morgan fingerprint density at radius 2 is 2.11 bits per heavy atom. The van der Waals surface area contributed by atoms with Crippen molar-refractivity contribution in [3.63, 3.8) is 0 Å². The van der Waals surface area contributed by atoms with Crippen LogP contribution >= 0.6 is 0 Å². The molecular weight excluding hydrogens is 248 g/mol. The van der Waals surface area contributed by atoms with Gasteiger partial charge in [-0.1, -0.05) is 0 Å². The second-order valence-corrected chi connectivity index (χ2v) is 5.90. The Morgan fingerprint density at radius 1 is 1.42 bits per heavy atom. The molecule has 2 fully saturated rings. The Labute approximate surface area is 111 Å². The van der Waals surface area contributed by atoms with E-state index in [1.54, 1.807) is 6.92 Å². The van der Waals surface area contributed by atoms with Gasteiger partial charge >= 0.3 is 5.97 Å². The maximum Gasteiger partial charge on any atom is 0.312 e. The number of carbonyl (C=O) groups excluding carboxylic acids is 4. The maximum absolute atomic E-state index is 12.2. The summed E-state index contributed by atoms with van der Waals surface area (Å²) in [5.41, 5.74) is -1.97. The number of hydrogen-bond donors (Lipinski definition) is 0. The molecule has 0 aliphatic heterocycles. The van der Waals surface area contributed by atoms with Crippen LogP contribution in [0.5, 0.6) is 0 Å². The SMILES string of the molecule is COC(=O)[C@]1(C)C[C@@]2(CCCC2=O)CC(=O)[C@@H]1C=O.